The van der Waals surface area contributed by atoms with Gasteiger partial charge in [0.25, 0.3) is 5.91 Å². The number of amides is 1. The number of rotatable bonds is 7. The van der Waals surface area contributed by atoms with Crippen molar-refractivity contribution in [2.75, 3.05) is 26.9 Å². The maximum absolute atomic E-state index is 14.0. The van der Waals surface area contributed by atoms with Crippen molar-refractivity contribution in [1.82, 2.24) is 10.2 Å². The van der Waals surface area contributed by atoms with E-state index in [0.29, 0.717) is 23.4 Å². The molecule has 0 bridgehead atoms. The Morgan fingerprint density at radius 2 is 1.85 bits per heavy atom. The van der Waals surface area contributed by atoms with Crippen molar-refractivity contribution in [1.29, 1.82) is 0 Å². The number of aliphatic hydroxyl groups is 3. The van der Waals surface area contributed by atoms with E-state index in [4.69, 9.17) is 5.73 Å². The number of likely N-dealkylation sites (N-methyl/N-ethyl adjacent to an activating group) is 1. The van der Waals surface area contributed by atoms with Crippen LogP contribution in [0.1, 0.15) is 49.4 Å². The first-order valence-electron chi connectivity index (χ1n) is 13.3. The lowest BCUT2D eigenvalue weighted by Gasteiger charge is -2.50. The number of aromatic hydroxyl groups is 1. The van der Waals surface area contributed by atoms with Gasteiger partial charge in [0.1, 0.15) is 22.8 Å². The van der Waals surface area contributed by atoms with Gasteiger partial charge < -0.3 is 31.5 Å². The predicted molar refractivity (Wildman–Crippen MR) is 153 cm³/mol. The van der Waals surface area contributed by atoms with Crippen molar-refractivity contribution in [2.45, 2.75) is 57.6 Å². The summed E-state index contributed by atoms with van der Waals surface area (Å²) in [5, 5.41) is 49.0. The Hall–Kier alpha value is -2.86. The smallest absolute Gasteiger partial charge is 0.255 e. The van der Waals surface area contributed by atoms with Crippen LogP contribution in [-0.4, -0.2) is 81.3 Å². The van der Waals surface area contributed by atoms with E-state index in [1.807, 2.05) is 12.3 Å². The molecular weight excluding hydrogens is 534 g/mol. The third-order valence-corrected chi connectivity index (χ3v) is 8.76. The van der Waals surface area contributed by atoms with Crippen LogP contribution in [0.2, 0.25) is 0 Å². The number of benzene rings is 1. The monoisotopic (exact) mass is 573 g/mol. The van der Waals surface area contributed by atoms with Crippen LogP contribution >= 0.6 is 11.8 Å². The van der Waals surface area contributed by atoms with Gasteiger partial charge in [0.05, 0.1) is 11.6 Å². The first-order valence-corrected chi connectivity index (χ1v) is 14.7. The molecule has 0 saturated heterocycles. The number of hydrogen-bond acceptors (Lipinski definition) is 10. The van der Waals surface area contributed by atoms with E-state index in [1.54, 1.807) is 14.1 Å². The Labute approximate surface area is 238 Å². The van der Waals surface area contributed by atoms with Gasteiger partial charge in [-0.05, 0) is 61.7 Å². The molecule has 0 radical (unpaired) electrons. The average molecular weight is 574 g/mol. The molecule has 40 heavy (non-hydrogen) atoms. The maximum atomic E-state index is 14.0. The average Bonchev–Trinajstić information content (AvgIpc) is 2.83. The van der Waals surface area contributed by atoms with Gasteiger partial charge in [-0.15, -0.1) is 0 Å². The molecule has 3 aliphatic rings. The second-order valence-electron chi connectivity index (χ2n) is 12.5. The van der Waals surface area contributed by atoms with E-state index >= 15 is 0 Å². The quantitative estimate of drug-likeness (QED) is 0.265. The van der Waals surface area contributed by atoms with Crippen LogP contribution in [0.5, 0.6) is 5.75 Å². The molecule has 1 aromatic rings. The van der Waals surface area contributed by atoms with Gasteiger partial charge in [-0.1, -0.05) is 20.8 Å². The van der Waals surface area contributed by atoms with Gasteiger partial charge >= 0.3 is 0 Å². The number of phenols is 1. The zero-order valence-electron chi connectivity index (χ0n) is 23.8. The number of nitrogens with two attached hydrogens (primary N) is 1. The molecule has 0 aromatic heterocycles. The third kappa shape index (κ3) is 4.72. The van der Waals surface area contributed by atoms with Crippen LogP contribution in [0, 0.1) is 17.3 Å². The Kier molecular flexibility index (Phi) is 7.92. The molecule has 3 aliphatic carbocycles. The number of Topliss-reactive ketones (excluding diaryl/α,β-unsaturated/α-hetero) is 2. The molecule has 1 unspecified atom stereocenters. The maximum Gasteiger partial charge on any atom is 0.255 e. The molecule has 11 heteroatoms. The van der Waals surface area contributed by atoms with Gasteiger partial charge in [-0.2, -0.15) is 11.8 Å². The number of nitrogens with zero attached hydrogens (tertiary/aromatic N) is 1. The minimum absolute atomic E-state index is 0.0303. The number of phenolic OH excluding ortho intramolecular Hbond substituents is 1. The Bertz CT molecular complexity index is 1340. The Balaban J connectivity index is 1.91. The Morgan fingerprint density at radius 3 is 2.40 bits per heavy atom. The minimum atomic E-state index is -2.64. The molecule has 4 atom stereocenters. The van der Waals surface area contributed by atoms with Crippen molar-refractivity contribution in [3.63, 3.8) is 0 Å². The lowest BCUT2D eigenvalue weighted by Crippen LogP contribution is -2.65. The number of aliphatic hydroxyl groups excluding tert-OH is 2. The molecule has 1 fully saturated rings. The number of thioether (sulfide) groups is 1. The highest BCUT2D eigenvalue weighted by Gasteiger charge is 2.64. The number of nitrogens with one attached hydrogen (secondary N) is 1. The molecule has 0 aliphatic heterocycles. The Morgan fingerprint density at radius 1 is 1.20 bits per heavy atom. The predicted octanol–water partition coefficient (Wildman–Crippen LogP) is 1.96. The number of carbonyl (C=O) groups is 3. The number of carbonyl (C=O) groups excluding carboxylic acids is 3. The topological polar surface area (TPSA) is 173 Å². The van der Waals surface area contributed by atoms with Gasteiger partial charge in [-0.25, -0.2) is 0 Å². The van der Waals surface area contributed by atoms with Crippen LogP contribution in [0.25, 0.3) is 5.76 Å². The highest BCUT2D eigenvalue weighted by Crippen LogP contribution is 2.53. The van der Waals surface area contributed by atoms with E-state index in [9.17, 15) is 34.8 Å². The summed E-state index contributed by atoms with van der Waals surface area (Å²) in [6.07, 6.45) is 2.23. The SMILES string of the molecule is CSCc1cc(CNCC(C)(C)C)c2c(c1O)C(O)=C1C(=O)[C@]3(O)C(O)=C(C(N)=O)C(=O)C(N(C)C)[C@@H]3C[C@@H]1C2. The molecule has 4 rings (SSSR count). The number of primary amides is 1. The first-order chi connectivity index (χ1) is 18.6. The standard InChI is InChI=1S/C29H39N3O7S/c1-28(2,3)12-31-10-14-7-15(11-40-6)22(33)19-16(14)8-13-9-17-21(32(4)5)24(35)20(27(30)38)26(37)29(17,39)25(36)18(13)23(19)34/h7,13,17,21,31,33-34,37,39H,8-12H2,1-6H3,(H2,30,38)/t13-,17-,21?,29-/m0/s1. The van der Waals surface area contributed by atoms with Crippen molar-refractivity contribution in [2.24, 2.45) is 23.0 Å². The van der Waals surface area contributed by atoms with Gasteiger partial charge in [0.2, 0.25) is 5.78 Å². The van der Waals surface area contributed by atoms with E-state index < -0.39 is 58.0 Å². The van der Waals surface area contributed by atoms with E-state index in [-0.39, 0.29) is 35.1 Å². The van der Waals surface area contributed by atoms with Gasteiger partial charge in [-0.3, -0.25) is 19.3 Å². The van der Waals surface area contributed by atoms with E-state index in [2.05, 4.69) is 26.1 Å². The molecule has 1 amide bonds. The molecule has 7 N–H and O–H groups in total. The zero-order chi connectivity index (χ0) is 29.9. The summed E-state index contributed by atoms with van der Waals surface area (Å²) in [7, 11) is 3.16. The van der Waals surface area contributed by atoms with Crippen LogP contribution < -0.4 is 11.1 Å². The summed E-state index contributed by atoms with van der Waals surface area (Å²) in [5.74, 6) is -5.95. The summed E-state index contributed by atoms with van der Waals surface area (Å²) < 4.78 is 0. The number of hydrogen-bond donors (Lipinski definition) is 6. The third-order valence-electron chi connectivity index (χ3n) is 8.16. The van der Waals surface area contributed by atoms with Gasteiger partial charge in [0, 0.05) is 35.9 Å². The summed E-state index contributed by atoms with van der Waals surface area (Å²) in [5.41, 5.74) is 4.11. The van der Waals surface area contributed by atoms with Crippen LogP contribution in [0.3, 0.4) is 0 Å². The fraction of sp³-hybridized carbons (Fsp3) is 0.552. The van der Waals surface area contributed by atoms with Crippen LogP contribution in [0.4, 0.5) is 0 Å². The molecule has 1 aromatic carbocycles. The van der Waals surface area contributed by atoms with Crippen molar-refractivity contribution >= 4 is 35.0 Å². The summed E-state index contributed by atoms with van der Waals surface area (Å²) >= 11 is 1.50. The van der Waals surface area contributed by atoms with Crippen molar-refractivity contribution in [3.05, 3.63) is 45.2 Å². The summed E-state index contributed by atoms with van der Waals surface area (Å²) in [6, 6.07) is 0.808. The molecule has 0 spiro atoms. The molecule has 1 saturated carbocycles. The van der Waals surface area contributed by atoms with Crippen molar-refractivity contribution in [3.8, 4) is 5.75 Å². The molecule has 0 heterocycles. The lowest BCUT2D eigenvalue weighted by molar-refractivity contribution is -0.153. The second-order valence-corrected chi connectivity index (χ2v) is 13.3. The highest BCUT2D eigenvalue weighted by molar-refractivity contribution is 7.97. The fourth-order valence-corrected chi connectivity index (χ4v) is 6.98. The minimum Gasteiger partial charge on any atom is -0.508 e. The lowest BCUT2D eigenvalue weighted by atomic mass is 9.57. The van der Waals surface area contributed by atoms with E-state index in [1.165, 1.54) is 16.7 Å². The van der Waals surface area contributed by atoms with Crippen LogP contribution in [-0.2, 0) is 33.1 Å². The largest absolute Gasteiger partial charge is 0.508 e. The van der Waals surface area contributed by atoms with Gasteiger partial charge in [0.15, 0.2) is 11.4 Å². The fourth-order valence-electron chi connectivity index (χ4n) is 6.45. The van der Waals surface area contributed by atoms with Crippen molar-refractivity contribution < 1.29 is 34.8 Å². The second kappa shape index (κ2) is 10.5. The molecule has 218 valence electrons. The molecule has 10 nitrogen and oxygen atoms in total. The summed E-state index contributed by atoms with van der Waals surface area (Å²) in [6.45, 7) is 7.54. The van der Waals surface area contributed by atoms with Crippen LogP contribution in [0.15, 0.2) is 23.0 Å². The summed E-state index contributed by atoms with van der Waals surface area (Å²) in [4.78, 5) is 40.9. The van der Waals surface area contributed by atoms with E-state index in [0.717, 1.165) is 12.1 Å². The highest BCUT2D eigenvalue weighted by atomic mass is 32.2. The molecular formula is C29H39N3O7S. The number of ketones is 2. The normalized spacial score (nSPS) is 26.6. The zero-order valence-corrected chi connectivity index (χ0v) is 24.6. The first kappa shape index (κ1) is 30.1. The number of fused-ring (bicyclic) bond motifs is 3.